The molecule has 1 aromatic carbocycles. The van der Waals surface area contributed by atoms with Gasteiger partial charge in [0, 0.05) is 25.2 Å². The molecule has 1 aliphatic carbocycles. The monoisotopic (exact) mass is 438 g/mol. The Morgan fingerprint density at radius 3 is 2.59 bits per heavy atom. The fourth-order valence-corrected chi connectivity index (χ4v) is 4.82. The number of nitrogens with one attached hydrogen (secondary N) is 1. The molecule has 2 amide bonds. The van der Waals surface area contributed by atoms with E-state index in [0.29, 0.717) is 36.5 Å². The summed E-state index contributed by atoms with van der Waals surface area (Å²) in [5.74, 6) is 0.210. The van der Waals surface area contributed by atoms with Gasteiger partial charge in [0.1, 0.15) is 11.6 Å². The second-order valence-corrected chi connectivity index (χ2v) is 8.90. The molecular formula is C25H31FN4O2. The van der Waals surface area contributed by atoms with Crippen molar-refractivity contribution < 1.29 is 14.0 Å². The van der Waals surface area contributed by atoms with Crippen LogP contribution < -0.4 is 5.32 Å². The summed E-state index contributed by atoms with van der Waals surface area (Å²) in [5, 5.41) is 3.16. The van der Waals surface area contributed by atoms with E-state index in [-0.39, 0.29) is 29.7 Å². The summed E-state index contributed by atoms with van der Waals surface area (Å²) in [4.78, 5) is 36.9. The smallest absolute Gasteiger partial charge is 0.255 e. The lowest BCUT2D eigenvalue weighted by atomic mass is 9.95. The summed E-state index contributed by atoms with van der Waals surface area (Å²) in [7, 11) is 0. The van der Waals surface area contributed by atoms with Crippen LogP contribution >= 0.6 is 0 Å². The number of amides is 2. The van der Waals surface area contributed by atoms with Gasteiger partial charge in [0.2, 0.25) is 5.91 Å². The van der Waals surface area contributed by atoms with Crippen molar-refractivity contribution >= 4 is 11.8 Å². The molecule has 0 radical (unpaired) electrons. The normalized spacial score (nSPS) is 19.2. The van der Waals surface area contributed by atoms with Crippen LogP contribution in [-0.4, -0.2) is 39.3 Å². The highest BCUT2D eigenvalue weighted by atomic mass is 19.1. The summed E-state index contributed by atoms with van der Waals surface area (Å²) in [5.41, 5.74) is 2.06. The Bertz CT molecular complexity index is 957. The number of rotatable bonds is 6. The molecule has 7 heteroatoms. The zero-order valence-electron chi connectivity index (χ0n) is 18.6. The molecule has 2 fully saturated rings. The van der Waals surface area contributed by atoms with Gasteiger partial charge in [-0.2, -0.15) is 0 Å². The molecule has 2 aromatic rings. The molecule has 1 saturated heterocycles. The average molecular weight is 439 g/mol. The van der Waals surface area contributed by atoms with Crippen molar-refractivity contribution in [2.24, 2.45) is 0 Å². The highest BCUT2D eigenvalue weighted by Crippen LogP contribution is 2.33. The van der Waals surface area contributed by atoms with Gasteiger partial charge in [-0.25, -0.2) is 14.4 Å². The summed E-state index contributed by atoms with van der Waals surface area (Å²) in [6.45, 7) is 2.46. The van der Waals surface area contributed by atoms with E-state index < -0.39 is 0 Å². The van der Waals surface area contributed by atoms with Crippen LogP contribution in [0.15, 0.2) is 30.5 Å². The van der Waals surface area contributed by atoms with Crippen LogP contribution in [0.25, 0.3) is 0 Å². The Hall–Kier alpha value is -2.83. The number of carbonyl (C=O) groups excluding carboxylic acids is 2. The zero-order valence-corrected chi connectivity index (χ0v) is 18.6. The summed E-state index contributed by atoms with van der Waals surface area (Å²) < 4.78 is 13.1. The molecular weight excluding hydrogens is 407 g/mol. The van der Waals surface area contributed by atoms with E-state index >= 15 is 0 Å². The molecule has 0 unspecified atom stereocenters. The third-order valence-corrected chi connectivity index (χ3v) is 6.55. The third-order valence-electron chi connectivity index (χ3n) is 6.55. The molecule has 0 bridgehead atoms. The second kappa shape index (κ2) is 10.2. The van der Waals surface area contributed by atoms with Crippen LogP contribution in [0.4, 0.5) is 4.39 Å². The number of nitrogens with zero attached hydrogens (tertiary/aromatic N) is 3. The van der Waals surface area contributed by atoms with Gasteiger partial charge in [-0.15, -0.1) is 0 Å². The van der Waals surface area contributed by atoms with E-state index in [1.165, 1.54) is 18.6 Å². The summed E-state index contributed by atoms with van der Waals surface area (Å²) in [6.07, 6.45) is 9.68. The van der Waals surface area contributed by atoms with Gasteiger partial charge >= 0.3 is 0 Å². The number of hydrogen-bond donors (Lipinski definition) is 1. The van der Waals surface area contributed by atoms with Crippen LogP contribution in [0, 0.1) is 12.7 Å². The highest BCUT2D eigenvalue weighted by molar-refractivity contribution is 5.95. The van der Waals surface area contributed by atoms with Crippen LogP contribution in [-0.2, 0) is 11.2 Å². The van der Waals surface area contributed by atoms with E-state index in [1.807, 2.05) is 11.8 Å². The predicted octanol–water partition coefficient (Wildman–Crippen LogP) is 4.28. The fourth-order valence-electron chi connectivity index (χ4n) is 4.82. The zero-order chi connectivity index (χ0) is 22.5. The number of aryl methyl sites for hydroxylation is 2. The minimum absolute atomic E-state index is 0.0340. The predicted molar refractivity (Wildman–Crippen MR) is 120 cm³/mol. The van der Waals surface area contributed by atoms with Gasteiger partial charge in [0.05, 0.1) is 17.3 Å². The van der Waals surface area contributed by atoms with Crippen LogP contribution in [0.3, 0.4) is 0 Å². The van der Waals surface area contributed by atoms with Crippen LogP contribution in [0.5, 0.6) is 0 Å². The van der Waals surface area contributed by atoms with Crippen molar-refractivity contribution in [2.75, 3.05) is 6.54 Å². The Morgan fingerprint density at radius 2 is 1.84 bits per heavy atom. The molecule has 170 valence electrons. The number of likely N-dealkylation sites (tertiary alicyclic amines) is 1. The number of hydrogen-bond acceptors (Lipinski definition) is 4. The van der Waals surface area contributed by atoms with Crippen molar-refractivity contribution in [3.05, 3.63) is 58.9 Å². The molecule has 1 N–H and O–H groups in total. The molecule has 1 atom stereocenters. The van der Waals surface area contributed by atoms with Crippen LogP contribution in [0.1, 0.15) is 84.8 Å². The molecule has 2 heterocycles. The second-order valence-electron chi connectivity index (χ2n) is 8.90. The van der Waals surface area contributed by atoms with E-state index in [4.69, 9.17) is 0 Å². The van der Waals surface area contributed by atoms with Gasteiger partial charge in [0.25, 0.3) is 5.91 Å². The van der Waals surface area contributed by atoms with Crippen molar-refractivity contribution in [3.63, 3.8) is 0 Å². The number of carbonyl (C=O) groups is 2. The maximum atomic E-state index is 13.1. The Morgan fingerprint density at radius 1 is 1.09 bits per heavy atom. The highest BCUT2D eigenvalue weighted by Gasteiger charge is 2.34. The minimum Gasteiger partial charge on any atom is -0.349 e. The summed E-state index contributed by atoms with van der Waals surface area (Å²) in [6, 6.07) is 6.24. The fraction of sp³-hybridized carbons (Fsp3) is 0.520. The molecule has 4 rings (SSSR count). The quantitative estimate of drug-likeness (QED) is 0.730. The number of aromatic nitrogens is 2. The van der Waals surface area contributed by atoms with Crippen molar-refractivity contribution in [1.82, 2.24) is 20.2 Å². The van der Waals surface area contributed by atoms with E-state index in [9.17, 15) is 14.0 Å². The molecule has 1 saturated carbocycles. The molecule has 2 aliphatic rings. The first-order valence-electron chi connectivity index (χ1n) is 11.7. The lowest BCUT2D eigenvalue weighted by molar-refractivity contribution is -0.132. The number of benzene rings is 1. The average Bonchev–Trinajstić information content (AvgIpc) is 3.29. The molecule has 32 heavy (non-hydrogen) atoms. The molecule has 1 aliphatic heterocycles. The molecule has 6 nitrogen and oxygen atoms in total. The van der Waals surface area contributed by atoms with Gasteiger partial charge in [0.15, 0.2) is 0 Å². The van der Waals surface area contributed by atoms with Gasteiger partial charge in [-0.1, -0.05) is 31.4 Å². The van der Waals surface area contributed by atoms with E-state index in [2.05, 4.69) is 15.3 Å². The molecule has 1 aromatic heterocycles. The first-order chi connectivity index (χ1) is 15.5. The SMILES string of the molecule is Cc1ncc(C(=O)NC2CCCCC2)c([C@H]2CCCN2C(=O)CCc2ccc(F)cc2)n1. The third kappa shape index (κ3) is 5.31. The summed E-state index contributed by atoms with van der Waals surface area (Å²) >= 11 is 0. The largest absolute Gasteiger partial charge is 0.349 e. The van der Waals surface area contributed by atoms with Crippen molar-refractivity contribution in [3.8, 4) is 0 Å². The van der Waals surface area contributed by atoms with Crippen molar-refractivity contribution in [1.29, 1.82) is 0 Å². The minimum atomic E-state index is -0.280. The lowest BCUT2D eigenvalue weighted by Gasteiger charge is -2.27. The maximum absolute atomic E-state index is 13.1. The molecule has 0 spiro atoms. The van der Waals surface area contributed by atoms with E-state index in [0.717, 1.165) is 44.1 Å². The van der Waals surface area contributed by atoms with Gasteiger partial charge < -0.3 is 10.2 Å². The Balaban J connectivity index is 1.48. The lowest BCUT2D eigenvalue weighted by Crippen LogP contribution is -2.38. The maximum Gasteiger partial charge on any atom is 0.255 e. The number of halogens is 1. The van der Waals surface area contributed by atoms with Crippen LogP contribution in [0.2, 0.25) is 0 Å². The Kier molecular flexibility index (Phi) is 7.12. The Labute approximate surface area is 188 Å². The standard InChI is InChI=1S/C25H31FN4O2/c1-17-27-16-21(25(32)29-20-6-3-2-4-7-20)24(28-17)22-8-5-15-30(22)23(31)14-11-18-9-12-19(26)13-10-18/h9-10,12-13,16,20,22H,2-8,11,14-15H2,1H3,(H,29,32)/t22-/m1/s1. The van der Waals surface area contributed by atoms with Crippen molar-refractivity contribution in [2.45, 2.75) is 76.8 Å². The first-order valence-corrected chi connectivity index (χ1v) is 11.7. The first kappa shape index (κ1) is 22.4. The van der Waals surface area contributed by atoms with Gasteiger partial charge in [-0.3, -0.25) is 9.59 Å². The van der Waals surface area contributed by atoms with Gasteiger partial charge in [-0.05, 0) is 56.7 Å². The topological polar surface area (TPSA) is 75.2 Å². The van der Waals surface area contributed by atoms with E-state index in [1.54, 1.807) is 18.3 Å².